The topological polar surface area (TPSA) is 125 Å². The highest BCUT2D eigenvalue weighted by Crippen LogP contribution is 2.22. The van der Waals surface area contributed by atoms with Crippen molar-refractivity contribution in [2.75, 3.05) is 12.0 Å². The molecule has 1 aromatic rings. The van der Waals surface area contributed by atoms with E-state index in [0.717, 1.165) is 0 Å². The highest BCUT2D eigenvalue weighted by Gasteiger charge is 2.60. The molecule has 0 amide bonds. The van der Waals surface area contributed by atoms with E-state index in [-0.39, 0.29) is 0 Å². The number of hydrogen-bond acceptors (Lipinski definition) is 8. The van der Waals surface area contributed by atoms with Crippen molar-refractivity contribution in [3.05, 3.63) is 30.3 Å². The van der Waals surface area contributed by atoms with Gasteiger partial charge in [-0.3, -0.25) is 9.59 Å². The van der Waals surface area contributed by atoms with Crippen LogP contribution < -0.4 is 10.9 Å². The fraction of sp³-hybridized carbons (Fsp3) is 0.250. The number of carbonyl (C=O) groups excluding carboxylic acids is 3. The Bertz CT molecular complexity index is 546. The number of hydrazine groups is 1. The standard InChI is InChI=1S/C12H12N2O6/c15-6-8(16)12(10(18)9(17)11(19)20-12)14-13-7-4-2-1-3-5-7/h1-5,8,13-16H,6H2/t8-,12+/m0/s1. The summed E-state index contributed by atoms with van der Waals surface area (Å²) in [6.45, 7) is -0.879. The molecule has 0 aromatic heterocycles. The van der Waals surface area contributed by atoms with Crippen molar-refractivity contribution in [3.63, 3.8) is 0 Å². The minimum Gasteiger partial charge on any atom is -0.425 e. The monoisotopic (exact) mass is 280 g/mol. The van der Waals surface area contributed by atoms with Gasteiger partial charge in [0.25, 0.3) is 11.5 Å². The van der Waals surface area contributed by atoms with Crippen molar-refractivity contribution in [2.45, 2.75) is 11.8 Å². The number of esters is 1. The minimum atomic E-state index is -2.33. The molecule has 0 bridgehead atoms. The van der Waals surface area contributed by atoms with Gasteiger partial charge >= 0.3 is 11.8 Å². The summed E-state index contributed by atoms with van der Waals surface area (Å²) in [6, 6.07) is 8.43. The number of rotatable bonds is 5. The number of nitrogens with one attached hydrogen (secondary N) is 2. The lowest BCUT2D eigenvalue weighted by atomic mass is 10.0. The SMILES string of the molecule is O=C1O[C@](NNc2ccccc2)([C@@H](O)CO)C(=O)C1=O. The second-order valence-electron chi connectivity index (χ2n) is 4.10. The Kier molecular flexibility index (Phi) is 3.79. The van der Waals surface area contributed by atoms with E-state index >= 15 is 0 Å². The van der Waals surface area contributed by atoms with Crippen LogP contribution in [0.1, 0.15) is 0 Å². The van der Waals surface area contributed by atoms with Gasteiger partial charge in [0, 0.05) is 5.69 Å². The second kappa shape index (κ2) is 5.37. The van der Waals surface area contributed by atoms with Gasteiger partial charge in [-0.05, 0) is 12.1 Å². The first-order valence-corrected chi connectivity index (χ1v) is 5.70. The van der Waals surface area contributed by atoms with Crippen LogP contribution in [-0.2, 0) is 19.1 Å². The van der Waals surface area contributed by atoms with E-state index in [1.165, 1.54) is 0 Å². The molecule has 1 aromatic carbocycles. The summed E-state index contributed by atoms with van der Waals surface area (Å²) in [5.41, 5.74) is 3.01. The van der Waals surface area contributed by atoms with Crippen molar-refractivity contribution >= 4 is 23.2 Å². The third-order valence-corrected chi connectivity index (χ3v) is 2.79. The molecule has 1 heterocycles. The van der Waals surface area contributed by atoms with Gasteiger partial charge in [0.05, 0.1) is 6.61 Å². The van der Waals surface area contributed by atoms with E-state index in [2.05, 4.69) is 15.6 Å². The van der Waals surface area contributed by atoms with Crippen LogP contribution in [0.3, 0.4) is 0 Å². The molecule has 0 unspecified atom stereocenters. The minimum absolute atomic E-state index is 0.500. The smallest absolute Gasteiger partial charge is 0.385 e. The zero-order chi connectivity index (χ0) is 14.8. The molecule has 0 aliphatic carbocycles. The molecule has 8 heteroatoms. The molecule has 8 nitrogen and oxygen atoms in total. The van der Waals surface area contributed by atoms with E-state index in [0.29, 0.717) is 5.69 Å². The van der Waals surface area contributed by atoms with Crippen molar-refractivity contribution in [2.24, 2.45) is 0 Å². The Morgan fingerprint density at radius 3 is 2.35 bits per heavy atom. The Hall–Kier alpha value is -2.29. The number of cyclic esters (lactones) is 1. The quantitative estimate of drug-likeness (QED) is 0.287. The van der Waals surface area contributed by atoms with Crippen LogP contribution in [0, 0.1) is 0 Å². The third-order valence-electron chi connectivity index (χ3n) is 2.79. The third kappa shape index (κ3) is 2.27. The summed E-state index contributed by atoms with van der Waals surface area (Å²) in [4.78, 5) is 34.2. The van der Waals surface area contributed by atoms with Gasteiger partial charge in [0.2, 0.25) is 0 Å². The summed E-state index contributed by atoms with van der Waals surface area (Å²) in [7, 11) is 0. The maximum absolute atomic E-state index is 11.8. The van der Waals surface area contributed by atoms with Crippen LogP contribution >= 0.6 is 0 Å². The molecule has 1 fully saturated rings. The van der Waals surface area contributed by atoms with E-state index in [9.17, 15) is 19.5 Å². The summed E-state index contributed by atoms with van der Waals surface area (Å²) < 4.78 is 4.63. The number of anilines is 1. The molecule has 2 rings (SSSR count). The van der Waals surface area contributed by atoms with Gasteiger partial charge in [-0.1, -0.05) is 18.2 Å². The number of para-hydroxylation sites is 1. The largest absolute Gasteiger partial charge is 0.425 e. The number of benzene rings is 1. The fourth-order valence-electron chi connectivity index (χ4n) is 1.70. The highest BCUT2D eigenvalue weighted by molar-refractivity contribution is 6.66. The number of aliphatic hydroxyl groups is 2. The lowest BCUT2D eigenvalue weighted by molar-refractivity contribution is -0.172. The van der Waals surface area contributed by atoms with Crippen LogP contribution in [0.5, 0.6) is 0 Å². The molecule has 0 saturated carbocycles. The first kappa shape index (κ1) is 14.1. The average Bonchev–Trinajstić information content (AvgIpc) is 2.70. The molecular weight excluding hydrogens is 268 g/mol. The molecule has 20 heavy (non-hydrogen) atoms. The average molecular weight is 280 g/mol. The second-order valence-corrected chi connectivity index (χ2v) is 4.10. The number of aliphatic hydroxyl groups excluding tert-OH is 2. The Labute approximate surface area is 113 Å². The predicted octanol–water partition coefficient (Wildman–Crippen LogP) is -1.65. The summed E-state index contributed by atoms with van der Waals surface area (Å²) in [5, 5.41) is 18.7. The highest BCUT2D eigenvalue weighted by atomic mass is 16.6. The van der Waals surface area contributed by atoms with E-state index in [1.54, 1.807) is 30.3 Å². The van der Waals surface area contributed by atoms with Gasteiger partial charge in [-0.25, -0.2) is 4.79 Å². The molecule has 1 aliphatic rings. The van der Waals surface area contributed by atoms with Gasteiger partial charge < -0.3 is 20.4 Å². The van der Waals surface area contributed by atoms with E-state index in [4.69, 9.17) is 5.11 Å². The molecule has 106 valence electrons. The van der Waals surface area contributed by atoms with Gasteiger partial charge in [-0.15, -0.1) is 0 Å². The predicted molar refractivity (Wildman–Crippen MR) is 65.1 cm³/mol. The van der Waals surface area contributed by atoms with Crippen LogP contribution in [0.4, 0.5) is 5.69 Å². The molecule has 0 spiro atoms. The zero-order valence-electron chi connectivity index (χ0n) is 10.2. The number of ketones is 2. The Balaban J connectivity index is 2.23. The fourth-order valence-corrected chi connectivity index (χ4v) is 1.70. The van der Waals surface area contributed by atoms with Crippen molar-refractivity contribution in [1.82, 2.24) is 5.43 Å². The summed E-state index contributed by atoms with van der Waals surface area (Å²) in [6.07, 6.45) is -1.79. The van der Waals surface area contributed by atoms with Crippen molar-refractivity contribution < 1.29 is 29.3 Å². The Morgan fingerprint density at radius 2 is 1.85 bits per heavy atom. The van der Waals surface area contributed by atoms with Crippen LogP contribution in [-0.4, -0.2) is 46.2 Å². The first-order valence-electron chi connectivity index (χ1n) is 5.70. The lowest BCUT2D eigenvalue weighted by Crippen LogP contribution is -2.62. The van der Waals surface area contributed by atoms with Gasteiger partial charge in [-0.2, -0.15) is 5.43 Å². The molecule has 4 N–H and O–H groups in total. The van der Waals surface area contributed by atoms with E-state index in [1.807, 2.05) is 0 Å². The van der Waals surface area contributed by atoms with Gasteiger partial charge in [0.15, 0.2) is 0 Å². The lowest BCUT2D eigenvalue weighted by Gasteiger charge is -2.30. The molecule has 1 aliphatic heterocycles. The van der Waals surface area contributed by atoms with E-state index < -0.39 is 36.0 Å². The van der Waals surface area contributed by atoms with Crippen LogP contribution in [0.25, 0.3) is 0 Å². The first-order chi connectivity index (χ1) is 9.51. The molecule has 2 atom stereocenters. The summed E-state index contributed by atoms with van der Waals surface area (Å²) >= 11 is 0. The number of Topliss-reactive ketones (excluding diaryl/α,β-unsaturated/α-hetero) is 2. The number of carbonyl (C=O) groups is 3. The van der Waals surface area contributed by atoms with Crippen LogP contribution in [0.15, 0.2) is 30.3 Å². The van der Waals surface area contributed by atoms with Gasteiger partial charge in [0.1, 0.15) is 6.10 Å². The normalized spacial score (nSPS) is 23.6. The summed E-state index contributed by atoms with van der Waals surface area (Å²) in [5.74, 6) is -4.04. The van der Waals surface area contributed by atoms with Crippen LogP contribution in [0.2, 0.25) is 0 Å². The number of hydrogen-bond donors (Lipinski definition) is 4. The maximum Gasteiger partial charge on any atom is 0.385 e. The zero-order valence-corrected chi connectivity index (χ0v) is 10.2. The van der Waals surface area contributed by atoms with Crippen molar-refractivity contribution in [3.8, 4) is 0 Å². The number of ether oxygens (including phenoxy) is 1. The molecular formula is C12H12N2O6. The molecule has 1 saturated heterocycles. The molecule has 0 radical (unpaired) electrons. The Morgan fingerprint density at radius 1 is 1.20 bits per heavy atom. The maximum atomic E-state index is 11.8. The van der Waals surface area contributed by atoms with Crippen molar-refractivity contribution in [1.29, 1.82) is 0 Å².